The van der Waals surface area contributed by atoms with E-state index in [1.165, 1.54) is 6.07 Å². The molecule has 1 heterocycles. The zero-order valence-electron chi connectivity index (χ0n) is 11.8. The summed E-state index contributed by atoms with van der Waals surface area (Å²) >= 11 is 3.47. The fourth-order valence-corrected chi connectivity index (χ4v) is 1.72. The van der Waals surface area contributed by atoms with Crippen LogP contribution in [0.15, 0.2) is 16.5 Å². The van der Waals surface area contributed by atoms with Crippen molar-refractivity contribution in [1.82, 2.24) is 5.32 Å². The minimum absolute atomic E-state index is 0.125. The van der Waals surface area contributed by atoms with Crippen LogP contribution in [0, 0.1) is 10.1 Å². The predicted molar refractivity (Wildman–Crippen MR) is 79.7 cm³/mol. The Morgan fingerprint density at radius 1 is 1.57 bits per heavy atom. The molecule has 1 rings (SSSR count). The van der Waals surface area contributed by atoms with Crippen molar-refractivity contribution >= 4 is 27.7 Å². The maximum atomic E-state index is 11.7. The molecule has 21 heavy (non-hydrogen) atoms. The number of nitrogens with one attached hydrogen (secondary N) is 1. The van der Waals surface area contributed by atoms with Crippen molar-refractivity contribution in [2.24, 2.45) is 0 Å². The molecular formula is C12H20BrN3O5+2. The number of carbonyl (C=O) groups excluding carboxylic acids is 1. The van der Waals surface area contributed by atoms with E-state index in [-0.39, 0.29) is 12.3 Å². The van der Waals surface area contributed by atoms with Crippen molar-refractivity contribution in [3.05, 3.63) is 28.0 Å². The Labute approximate surface area is 130 Å². The maximum absolute atomic E-state index is 11.7. The number of alkyl halides is 1. The molecule has 0 aliphatic rings. The first-order valence-corrected chi connectivity index (χ1v) is 7.43. The lowest BCUT2D eigenvalue weighted by Gasteiger charge is -2.14. The Morgan fingerprint density at radius 2 is 2.24 bits per heavy atom. The van der Waals surface area contributed by atoms with Crippen LogP contribution in [0.5, 0.6) is 0 Å². The number of rotatable bonds is 8. The van der Waals surface area contributed by atoms with E-state index in [0.29, 0.717) is 17.4 Å². The van der Waals surface area contributed by atoms with Crippen LogP contribution in [0.4, 0.5) is 5.88 Å². The van der Waals surface area contributed by atoms with E-state index in [1.807, 2.05) is 19.2 Å². The summed E-state index contributed by atoms with van der Waals surface area (Å²) in [6.07, 6.45) is -0.465. The van der Waals surface area contributed by atoms with E-state index < -0.39 is 22.8 Å². The van der Waals surface area contributed by atoms with Crippen molar-refractivity contribution in [3.8, 4) is 0 Å². The number of nitro groups is 1. The standard InChI is InChI=1S/C12H18BrN3O5/c1-7(13)8(2)14-5-9(17)6-15-12(18)10-3-4-11(21-10)16(19)20/h3-4,7-9,14,17H,5-6H2,1-2H3,(H,15,18)/p+2/t7-,8-,9?/m0/s1. The van der Waals surface area contributed by atoms with Gasteiger partial charge in [0.1, 0.15) is 11.5 Å². The van der Waals surface area contributed by atoms with E-state index in [9.17, 15) is 14.9 Å². The summed E-state index contributed by atoms with van der Waals surface area (Å²) in [5.41, 5.74) is 0. The predicted octanol–water partition coefficient (Wildman–Crippen LogP) is -0.254. The Hall–Kier alpha value is -1.45. The quantitative estimate of drug-likeness (QED) is 0.285. The van der Waals surface area contributed by atoms with Crippen LogP contribution in [0.2, 0.25) is 0 Å². The lowest BCUT2D eigenvalue weighted by atomic mass is 10.2. The first-order chi connectivity index (χ1) is 9.81. The molecule has 9 heteroatoms. The lowest BCUT2D eigenvalue weighted by Crippen LogP contribution is -2.93. The molecule has 8 nitrogen and oxygen atoms in total. The molecule has 0 aromatic carbocycles. The molecule has 1 aromatic heterocycles. The zero-order valence-corrected chi connectivity index (χ0v) is 13.4. The van der Waals surface area contributed by atoms with Gasteiger partial charge in [0.05, 0.1) is 23.5 Å². The number of carbonyl (C=O) groups is 1. The number of nitrogens with zero attached hydrogens (tertiary/aromatic N) is 1. The summed E-state index contributed by atoms with van der Waals surface area (Å²) in [7, 11) is 0. The summed E-state index contributed by atoms with van der Waals surface area (Å²) in [4.78, 5) is 21.8. The fourth-order valence-electron chi connectivity index (χ4n) is 1.50. The first kappa shape index (κ1) is 17.6. The summed E-state index contributed by atoms with van der Waals surface area (Å²) in [5.74, 6) is -1.15. The second kappa shape index (κ2) is 8.11. The van der Waals surface area contributed by atoms with Gasteiger partial charge in [-0.2, -0.15) is 0 Å². The second-order valence-corrected chi connectivity index (χ2v) is 6.25. The molecule has 0 saturated carbocycles. The number of hydrogen-bond donors (Lipinski definition) is 2. The highest BCUT2D eigenvalue weighted by Gasteiger charge is 2.20. The molecule has 1 unspecified atom stereocenters. The Morgan fingerprint density at radius 3 is 2.76 bits per heavy atom. The minimum Gasteiger partial charge on any atom is -0.438 e. The highest BCUT2D eigenvalue weighted by atomic mass is 79.9. The number of quaternary nitrogens is 1. The number of hydrogen-bond acceptors (Lipinski definition) is 4. The monoisotopic (exact) mass is 365 g/mol. The summed E-state index contributed by atoms with van der Waals surface area (Å²) in [5, 5.41) is 22.8. The van der Waals surface area contributed by atoms with Crippen LogP contribution in [-0.2, 0) is 0 Å². The zero-order chi connectivity index (χ0) is 16.0. The molecule has 118 valence electrons. The number of nitrogens with two attached hydrogens (primary N) is 1. The van der Waals surface area contributed by atoms with Crippen LogP contribution in [0.25, 0.3) is 0 Å². The van der Waals surface area contributed by atoms with Crippen LogP contribution < -0.4 is 10.6 Å². The average Bonchev–Trinajstić information content (AvgIpc) is 2.91. The largest absolute Gasteiger partial charge is 0.438 e. The highest BCUT2D eigenvalue weighted by molar-refractivity contribution is 9.09. The van der Waals surface area contributed by atoms with Crippen molar-refractivity contribution in [1.29, 1.82) is 0 Å². The van der Waals surface area contributed by atoms with Crippen molar-refractivity contribution in [2.45, 2.75) is 30.8 Å². The molecule has 0 aliphatic heterocycles. The normalized spacial score (nSPS) is 15.2. The van der Waals surface area contributed by atoms with E-state index in [4.69, 9.17) is 9.52 Å². The van der Waals surface area contributed by atoms with Gasteiger partial charge in [0.15, 0.2) is 5.76 Å². The summed E-state index contributed by atoms with van der Waals surface area (Å²) < 4.78 is 4.78. The van der Waals surface area contributed by atoms with Crippen LogP contribution in [0.1, 0.15) is 24.4 Å². The van der Waals surface area contributed by atoms with E-state index in [1.54, 1.807) is 0 Å². The van der Waals surface area contributed by atoms with Crippen LogP contribution in [0.3, 0.4) is 0 Å². The summed E-state index contributed by atoms with van der Waals surface area (Å²) in [6.45, 7) is 4.79. The molecular weight excluding hydrogens is 346 g/mol. The Balaban J connectivity index is 2.36. The molecule has 3 atom stereocenters. The average molecular weight is 366 g/mol. The number of halogens is 1. The molecule has 0 saturated heterocycles. The molecule has 0 spiro atoms. The van der Waals surface area contributed by atoms with Gasteiger partial charge in [-0.3, -0.25) is 14.9 Å². The third-order valence-electron chi connectivity index (χ3n) is 3.02. The minimum atomic E-state index is -0.706. The molecule has 0 radical (unpaired) electrons. The number of furan rings is 1. The SMILES string of the molecule is C[C@H](Br)[C@H](C)[NH2+]CC([OH2+])CNC(=O)c1ccc([N+](=O)[O-])o1. The van der Waals surface area contributed by atoms with Gasteiger partial charge in [0.25, 0.3) is 5.91 Å². The smallest absolute Gasteiger partial charge is 0.433 e. The van der Waals surface area contributed by atoms with Crippen molar-refractivity contribution in [3.63, 3.8) is 0 Å². The molecule has 0 fully saturated rings. The van der Waals surface area contributed by atoms with Crippen LogP contribution >= 0.6 is 15.9 Å². The van der Waals surface area contributed by atoms with Gasteiger partial charge in [-0.05, 0) is 19.9 Å². The fraction of sp³-hybridized carbons (Fsp3) is 0.583. The Kier molecular flexibility index (Phi) is 6.79. The number of amides is 1. The van der Waals surface area contributed by atoms with Crippen molar-refractivity contribution < 1.29 is 24.6 Å². The molecule has 0 bridgehead atoms. The van der Waals surface area contributed by atoms with Gasteiger partial charge in [-0.25, -0.2) is 0 Å². The molecule has 1 amide bonds. The van der Waals surface area contributed by atoms with E-state index in [0.717, 1.165) is 6.07 Å². The van der Waals surface area contributed by atoms with Gasteiger partial charge < -0.3 is 20.2 Å². The maximum Gasteiger partial charge on any atom is 0.433 e. The Bertz CT molecular complexity index is 491. The van der Waals surface area contributed by atoms with Crippen LogP contribution in [-0.4, -0.2) is 46.0 Å². The van der Waals surface area contributed by atoms with Crippen molar-refractivity contribution in [2.75, 3.05) is 13.1 Å². The first-order valence-electron chi connectivity index (χ1n) is 6.52. The van der Waals surface area contributed by atoms with Gasteiger partial charge in [-0.1, -0.05) is 15.9 Å². The molecule has 0 aliphatic carbocycles. The lowest BCUT2D eigenvalue weighted by molar-refractivity contribution is -0.690. The third-order valence-corrected chi connectivity index (χ3v) is 3.86. The van der Waals surface area contributed by atoms with Gasteiger partial charge in [-0.15, -0.1) is 0 Å². The topological polar surface area (TPSA) is 125 Å². The van der Waals surface area contributed by atoms with Gasteiger partial charge in [0.2, 0.25) is 6.10 Å². The molecule has 5 N–H and O–H groups in total. The highest BCUT2D eigenvalue weighted by Crippen LogP contribution is 2.15. The van der Waals surface area contributed by atoms with Gasteiger partial charge >= 0.3 is 5.88 Å². The third kappa shape index (κ3) is 5.82. The summed E-state index contributed by atoms with van der Waals surface area (Å²) in [6, 6.07) is 2.70. The van der Waals surface area contributed by atoms with E-state index in [2.05, 4.69) is 21.2 Å². The molecule has 1 aromatic rings. The van der Waals surface area contributed by atoms with E-state index >= 15 is 0 Å². The second-order valence-electron chi connectivity index (χ2n) is 4.81. The van der Waals surface area contributed by atoms with Gasteiger partial charge in [0, 0.05) is 0 Å².